The molecule has 17 heavy (non-hydrogen) atoms. The SMILES string of the molecule is CC1CC1NS(=O)(=O)c1cc(N)c(F)cc1F. The van der Waals surface area contributed by atoms with Gasteiger partial charge in [0.05, 0.1) is 5.69 Å². The lowest BCUT2D eigenvalue weighted by Crippen LogP contribution is -2.27. The Morgan fingerprint density at radius 3 is 2.47 bits per heavy atom. The van der Waals surface area contributed by atoms with E-state index in [1.807, 2.05) is 6.92 Å². The zero-order valence-electron chi connectivity index (χ0n) is 9.07. The quantitative estimate of drug-likeness (QED) is 0.805. The third-order valence-corrected chi connectivity index (χ3v) is 4.26. The molecule has 2 rings (SSSR count). The van der Waals surface area contributed by atoms with Crippen LogP contribution in [-0.4, -0.2) is 14.5 Å². The van der Waals surface area contributed by atoms with Gasteiger partial charge in [0.15, 0.2) is 0 Å². The molecule has 1 saturated carbocycles. The van der Waals surface area contributed by atoms with Crippen LogP contribution in [0.2, 0.25) is 0 Å². The molecule has 1 fully saturated rings. The van der Waals surface area contributed by atoms with Crippen LogP contribution in [0.3, 0.4) is 0 Å². The Labute approximate surface area is 97.9 Å². The Morgan fingerprint density at radius 2 is 1.94 bits per heavy atom. The minimum Gasteiger partial charge on any atom is -0.396 e. The molecule has 94 valence electrons. The van der Waals surface area contributed by atoms with Crippen molar-refractivity contribution >= 4 is 15.7 Å². The van der Waals surface area contributed by atoms with Crippen LogP contribution in [0.15, 0.2) is 17.0 Å². The number of nitrogens with one attached hydrogen (secondary N) is 1. The summed E-state index contributed by atoms with van der Waals surface area (Å²) in [5.74, 6) is -1.87. The van der Waals surface area contributed by atoms with Crippen LogP contribution >= 0.6 is 0 Å². The Morgan fingerprint density at radius 1 is 1.35 bits per heavy atom. The molecule has 0 aliphatic heterocycles. The van der Waals surface area contributed by atoms with Gasteiger partial charge >= 0.3 is 0 Å². The second-order valence-corrected chi connectivity index (χ2v) is 5.93. The Kier molecular flexibility index (Phi) is 2.82. The zero-order chi connectivity index (χ0) is 12.8. The van der Waals surface area contributed by atoms with Crippen molar-refractivity contribution in [2.75, 3.05) is 5.73 Å². The Hall–Kier alpha value is -1.21. The third kappa shape index (κ3) is 2.39. The molecular formula is C10H12F2N2O2S. The summed E-state index contributed by atoms with van der Waals surface area (Å²) in [5, 5.41) is 0. The average molecular weight is 262 g/mol. The van der Waals surface area contributed by atoms with Crippen molar-refractivity contribution in [1.82, 2.24) is 4.72 Å². The average Bonchev–Trinajstić information content (AvgIpc) is 2.86. The molecule has 2 atom stereocenters. The van der Waals surface area contributed by atoms with Gasteiger partial charge in [0, 0.05) is 12.1 Å². The maximum atomic E-state index is 13.4. The summed E-state index contributed by atoms with van der Waals surface area (Å²) in [6.07, 6.45) is 0.720. The molecule has 1 aliphatic rings. The van der Waals surface area contributed by atoms with E-state index in [0.717, 1.165) is 12.5 Å². The Balaban J connectivity index is 2.35. The van der Waals surface area contributed by atoms with Crippen molar-refractivity contribution in [1.29, 1.82) is 0 Å². The molecule has 0 radical (unpaired) electrons. The first-order valence-corrected chi connectivity index (χ1v) is 6.56. The van der Waals surface area contributed by atoms with Gasteiger partial charge in [-0.2, -0.15) is 0 Å². The molecule has 7 heteroatoms. The first-order chi connectivity index (χ1) is 7.81. The van der Waals surface area contributed by atoms with Crippen molar-refractivity contribution in [3.05, 3.63) is 23.8 Å². The van der Waals surface area contributed by atoms with Crippen molar-refractivity contribution in [2.45, 2.75) is 24.3 Å². The van der Waals surface area contributed by atoms with Crippen LogP contribution in [0.25, 0.3) is 0 Å². The summed E-state index contributed by atoms with van der Waals surface area (Å²) in [6, 6.07) is 1.09. The number of sulfonamides is 1. The maximum absolute atomic E-state index is 13.4. The molecule has 0 spiro atoms. The van der Waals surface area contributed by atoms with E-state index in [2.05, 4.69) is 4.72 Å². The van der Waals surface area contributed by atoms with Crippen LogP contribution < -0.4 is 10.5 Å². The number of hydrogen-bond donors (Lipinski definition) is 2. The number of nitrogens with two attached hydrogens (primary N) is 1. The van der Waals surface area contributed by atoms with E-state index in [0.29, 0.717) is 6.07 Å². The molecule has 3 N–H and O–H groups in total. The monoisotopic (exact) mass is 262 g/mol. The number of halogens is 2. The molecule has 4 nitrogen and oxygen atoms in total. The summed E-state index contributed by atoms with van der Waals surface area (Å²) < 4.78 is 52.2. The third-order valence-electron chi connectivity index (χ3n) is 2.76. The van der Waals surface area contributed by atoms with Gasteiger partial charge in [-0.1, -0.05) is 6.92 Å². The van der Waals surface area contributed by atoms with E-state index in [1.54, 1.807) is 0 Å². The maximum Gasteiger partial charge on any atom is 0.243 e. The number of benzene rings is 1. The van der Waals surface area contributed by atoms with E-state index < -0.39 is 32.2 Å². The highest BCUT2D eigenvalue weighted by atomic mass is 32.2. The Bertz CT molecular complexity index is 560. The van der Waals surface area contributed by atoms with E-state index in [9.17, 15) is 17.2 Å². The number of hydrogen-bond acceptors (Lipinski definition) is 3. The largest absolute Gasteiger partial charge is 0.396 e. The summed E-state index contributed by atoms with van der Waals surface area (Å²) >= 11 is 0. The van der Waals surface area contributed by atoms with Gasteiger partial charge in [-0.25, -0.2) is 21.9 Å². The van der Waals surface area contributed by atoms with Crippen molar-refractivity contribution in [3.63, 3.8) is 0 Å². The van der Waals surface area contributed by atoms with Gasteiger partial charge in [-0.05, 0) is 18.4 Å². The van der Waals surface area contributed by atoms with Gasteiger partial charge in [0.25, 0.3) is 0 Å². The molecule has 2 unspecified atom stereocenters. The normalized spacial score (nSPS) is 23.7. The highest BCUT2D eigenvalue weighted by Crippen LogP contribution is 2.31. The fourth-order valence-corrected chi connectivity index (χ4v) is 2.95. The van der Waals surface area contributed by atoms with E-state index in [4.69, 9.17) is 5.73 Å². The topological polar surface area (TPSA) is 72.2 Å². The number of rotatable bonds is 3. The standard InChI is InChI=1S/C10H12F2N2O2S/c1-5-2-9(5)14-17(15,16)10-4-8(13)6(11)3-7(10)12/h3-5,9,14H,2,13H2,1H3. The van der Waals surface area contributed by atoms with Crippen molar-refractivity contribution < 1.29 is 17.2 Å². The second kappa shape index (κ2) is 3.92. The summed E-state index contributed by atoms with van der Waals surface area (Å²) in [6.45, 7) is 1.88. The molecular weight excluding hydrogens is 250 g/mol. The fourth-order valence-electron chi connectivity index (χ4n) is 1.50. The highest BCUT2D eigenvalue weighted by Gasteiger charge is 2.37. The van der Waals surface area contributed by atoms with Crippen molar-refractivity contribution in [3.8, 4) is 0 Å². The number of nitrogen functional groups attached to an aromatic ring is 1. The van der Waals surface area contributed by atoms with Crippen LogP contribution in [0.1, 0.15) is 13.3 Å². The van der Waals surface area contributed by atoms with Crippen molar-refractivity contribution in [2.24, 2.45) is 5.92 Å². The molecule has 1 aliphatic carbocycles. The van der Waals surface area contributed by atoms with Crippen LogP contribution in [0.4, 0.5) is 14.5 Å². The molecule has 0 heterocycles. The van der Waals surface area contributed by atoms with Crippen LogP contribution in [0, 0.1) is 17.6 Å². The first kappa shape index (κ1) is 12.3. The van der Waals surface area contributed by atoms with Gasteiger partial charge in [0.1, 0.15) is 16.5 Å². The highest BCUT2D eigenvalue weighted by molar-refractivity contribution is 7.89. The lowest BCUT2D eigenvalue weighted by molar-refractivity contribution is 0.543. The second-order valence-electron chi connectivity index (χ2n) is 4.24. The van der Waals surface area contributed by atoms with Gasteiger partial charge < -0.3 is 5.73 Å². The van der Waals surface area contributed by atoms with E-state index in [-0.39, 0.29) is 12.0 Å². The summed E-state index contributed by atoms with van der Waals surface area (Å²) in [4.78, 5) is -0.615. The smallest absolute Gasteiger partial charge is 0.243 e. The summed E-state index contributed by atoms with van der Waals surface area (Å²) in [7, 11) is -3.97. The minimum atomic E-state index is -3.97. The lowest BCUT2D eigenvalue weighted by atomic mass is 10.3. The van der Waals surface area contributed by atoms with Crippen LogP contribution in [-0.2, 0) is 10.0 Å². The molecule has 1 aromatic rings. The summed E-state index contributed by atoms with van der Waals surface area (Å²) in [5.41, 5.74) is 4.83. The molecule has 0 aromatic heterocycles. The van der Waals surface area contributed by atoms with E-state index in [1.165, 1.54) is 0 Å². The van der Waals surface area contributed by atoms with Crippen LogP contribution in [0.5, 0.6) is 0 Å². The molecule has 1 aromatic carbocycles. The first-order valence-electron chi connectivity index (χ1n) is 5.08. The predicted molar refractivity (Wildman–Crippen MR) is 58.7 cm³/mol. The van der Waals surface area contributed by atoms with Gasteiger partial charge in [-0.15, -0.1) is 0 Å². The molecule has 0 bridgehead atoms. The van der Waals surface area contributed by atoms with Gasteiger partial charge in [-0.3, -0.25) is 0 Å². The lowest BCUT2D eigenvalue weighted by Gasteiger charge is -2.08. The fraction of sp³-hybridized carbons (Fsp3) is 0.400. The van der Waals surface area contributed by atoms with Gasteiger partial charge in [0.2, 0.25) is 10.0 Å². The predicted octanol–water partition coefficient (Wildman–Crippen LogP) is 1.23. The number of anilines is 1. The zero-order valence-corrected chi connectivity index (χ0v) is 9.89. The minimum absolute atomic E-state index is 0.175. The molecule has 0 amide bonds. The van der Waals surface area contributed by atoms with E-state index >= 15 is 0 Å². The molecule has 0 saturated heterocycles.